The van der Waals surface area contributed by atoms with Gasteiger partial charge in [0.1, 0.15) is 11.9 Å². The number of pyridine rings is 1. The number of halogens is 3. The number of anilines is 2. The van der Waals surface area contributed by atoms with Gasteiger partial charge in [-0.1, -0.05) is 30.3 Å². The summed E-state index contributed by atoms with van der Waals surface area (Å²) < 4.78 is 58.9. The van der Waals surface area contributed by atoms with Gasteiger partial charge in [-0.2, -0.15) is 23.1 Å². The molecule has 0 saturated carbocycles. The number of fused-ring (bicyclic) bond motifs is 1. The minimum Gasteiger partial charge on any atom is -0.481 e. The van der Waals surface area contributed by atoms with Crippen LogP contribution >= 0.6 is 0 Å². The number of hydrogen-bond donors (Lipinski definition) is 2. The normalized spacial score (nSPS) is 18.5. The van der Waals surface area contributed by atoms with E-state index >= 15 is 0 Å². The molecule has 242 valence electrons. The standard InChI is InChI=1S/C33H35F3N6O4/c1-3-45-30(43)25-18-32(19-38-25)12-14-42(15-13-32)26-17-28(41-31(37)40-26)46-29(33(34,35)36)21-6-4-20(5-7-21)22-8-10-24-23(16-22)9-11-27(39-24)44-2/h4-11,16-17,25,29,38H,3,12-15,18-19H2,1-2H3,(H2,37,40,41)/t25?,29-/m1/s1. The molecule has 0 amide bonds. The van der Waals surface area contributed by atoms with Crippen molar-refractivity contribution in [2.45, 2.75) is 44.5 Å². The molecule has 6 rings (SSSR count). The van der Waals surface area contributed by atoms with Gasteiger partial charge in [-0.05, 0) is 60.9 Å². The van der Waals surface area contributed by atoms with Crippen molar-refractivity contribution in [2.75, 3.05) is 44.0 Å². The molecule has 2 saturated heterocycles. The van der Waals surface area contributed by atoms with E-state index < -0.39 is 12.3 Å². The topological polar surface area (TPSA) is 125 Å². The highest BCUT2D eigenvalue weighted by Gasteiger charge is 2.45. The van der Waals surface area contributed by atoms with Gasteiger partial charge in [-0.15, -0.1) is 0 Å². The Morgan fingerprint density at radius 1 is 1.02 bits per heavy atom. The Morgan fingerprint density at radius 3 is 2.46 bits per heavy atom. The van der Waals surface area contributed by atoms with E-state index in [2.05, 4.69) is 20.3 Å². The lowest BCUT2D eigenvalue weighted by molar-refractivity contribution is -0.198. The first-order valence-corrected chi connectivity index (χ1v) is 15.1. The molecule has 13 heteroatoms. The number of nitrogens with one attached hydrogen (secondary N) is 1. The molecule has 4 heterocycles. The first-order chi connectivity index (χ1) is 22.1. The third kappa shape index (κ3) is 6.64. The molecule has 0 aliphatic carbocycles. The molecule has 2 aliphatic rings. The Morgan fingerprint density at radius 2 is 1.76 bits per heavy atom. The van der Waals surface area contributed by atoms with Gasteiger partial charge in [-0.25, -0.2) is 4.98 Å². The van der Waals surface area contributed by atoms with Crippen molar-refractivity contribution in [3.8, 4) is 22.9 Å². The van der Waals surface area contributed by atoms with Gasteiger partial charge in [-0.3, -0.25) is 4.79 Å². The van der Waals surface area contributed by atoms with Crippen LogP contribution < -0.4 is 25.4 Å². The average Bonchev–Trinajstić information content (AvgIpc) is 3.46. The summed E-state index contributed by atoms with van der Waals surface area (Å²) in [6, 6.07) is 16.4. The van der Waals surface area contributed by atoms with E-state index in [0.29, 0.717) is 44.4 Å². The highest BCUT2D eigenvalue weighted by Crippen LogP contribution is 2.42. The second kappa shape index (κ2) is 12.6. The molecule has 2 atom stereocenters. The van der Waals surface area contributed by atoms with Gasteiger partial charge in [0.2, 0.25) is 23.8 Å². The molecule has 0 radical (unpaired) electrons. The number of carbonyl (C=O) groups is 1. The SMILES string of the molecule is CCOC(=O)C1CC2(CCN(c3cc(O[C@H](c4ccc(-c5ccc6nc(OC)ccc6c5)cc4)C(F)(F)F)nc(N)n3)CC2)CN1. The summed E-state index contributed by atoms with van der Waals surface area (Å²) in [5.74, 6) is 0.198. The molecule has 2 aromatic carbocycles. The minimum atomic E-state index is -4.72. The molecule has 0 bridgehead atoms. The number of nitrogens with zero attached hydrogens (tertiary/aromatic N) is 4. The lowest BCUT2D eigenvalue weighted by Crippen LogP contribution is -2.41. The third-order valence-electron chi connectivity index (χ3n) is 8.74. The molecule has 2 fully saturated rings. The Kier molecular flexibility index (Phi) is 8.60. The maximum Gasteiger partial charge on any atom is 0.429 e. The van der Waals surface area contributed by atoms with Crippen molar-refractivity contribution >= 4 is 28.6 Å². The van der Waals surface area contributed by atoms with Crippen molar-refractivity contribution in [2.24, 2.45) is 5.41 Å². The average molecular weight is 637 g/mol. The zero-order chi connectivity index (χ0) is 32.5. The molecule has 10 nitrogen and oxygen atoms in total. The van der Waals surface area contributed by atoms with E-state index in [1.807, 2.05) is 29.2 Å². The Labute approximate surface area is 264 Å². The largest absolute Gasteiger partial charge is 0.481 e. The van der Waals surface area contributed by atoms with Gasteiger partial charge in [0.15, 0.2) is 0 Å². The summed E-state index contributed by atoms with van der Waals surface area (Å²) in [6.07, 6.45) is -4.77. The first-order valence-electron chi connectivity index (χ1n) is 15.1. The predicted octanol–water partition coefficient (Wildman–Crippen LogP) is 5.48. The number of piperidine rings is 1. The summed E-state index contributed by atoms with van der Waals surface area (Å²) in [7, 11) is 1.54. The monoisotopic (exact) mass is 636 g/mol. The van der Waals surface area contributed by atoms with Gasteiger partial charge >= 0.3 is 12.1 Å². The maximum atomic E-state index is 14.3. The van der Waals surface area contributed by atoms with Gasteiger partial charge in [0.25, 0.3) is 0 Å². The summed E-state index contributed by atoms with van der Waals surface area (Å²) >= 11 is 0. The molecule has 1 spiro atoms. The van der Waals surface area contributed by atoms with E-state index in [4.69, 9.17) is 19.9 Å². The molecule has 2 aromatic heterocycles. The fourth-order valence-electron chi connectivity index (χ4n) is 6.27. The van der Waals surface area contributed by atoms with Crippen molar-refractivity contribution < 1.29 is 32.2 Å². The number of carbonyl (C=O) groups excluding carboxylic acids is 1. The minimum absolute atomic E-state index is 0.0589. The molecular weight excluding hydrogens is 601 g/mol. The van der Waals surface area contributed by atoms with Crippen LogP contribution in [0.25, 0.3) is 22.0 Å². The summed E-state index contributed by atoms with van der Waals surface area (Å²) in [5.41, 5.74) is 8.12. The van der Waals surface area contributed by atoms with E-state index in [0.717, 1.165) is 34.9 Å². The fraction of sp³-hybridized carbons (Fsp3) is 0.394. The van der Waals surface area contributed by atoms with E-state index in [-0.39, 0.29) is 34.8 Å². The second-order valence-corrected chi connectivity index (χ2v) is 11.7. The molecule has 1 unspecified atom stereocenters. The number of benzene rings is 2. The number of ether oxygens (including phenoxy) is 3. The molecular formula is C33H35F3N6O4. The number of nitrogen functional groups attached to an aromatic ring is 1. The first kappa shape index (κ1) is 31.3. The number of aromatic nitrogens is 3. The molecule has 3 N–H and O–H groups in total. The van der Waals surface area contributed by atoms with Crippen molar-refractivity contribution in [3.63, 3.8) is 0 Å². The van der Waals surface area contributed by atoms with Crippen LogP contribution in [0.15, 0.2) is 60.7 Å². The van der Waals surface area contributed by atoms with Crippen molar-refractivity contribution in [1.82, 2.24) is 20.3 Å². The third-order valence-corrected chi connectivity index (χ3v) is 8.74. The number of methoxy groups -OCH3 is 1. The van der Waals surface area contributed by atoms with E-state index in [9.17, 15) is 18.0 Å². The summed E-state index contributed by atoms with van der Waals surface area (Å²) in [5, 5.41) is 4.15. The van der Waals surface area contributed by atoms with Crippen LogP contribution in [0.2, 0.25) is 0 Å². The zero-order valence-corrected chi connectivity index (χ0v) is 25.5. The Balaban J connectivity index is 1.16. The highest BCUT2D eigenvalue weighted by atomic mass is 19.4. The number of rotatable bonds is 8. The summed E-state index contributed by atoms with van der Waals surface area (Å²) in [4.78, 5) is 26.8. The molecule has 4 aromatic rings. The van der Waals surface area contributed by atoms with Gasteiger partial charge in [0.05, 0.1) is 19.2 Å². The van der Waals surface area contributed by atoms with Crippen LogP contribution in [0.4, 0.5) is 24.9 Å². The molecule has 46 heavy (non-hydrogen) atoms. The second-order valence-electron chi connectivity index (χ2n) is 11.7. The van der Waals surface area contributed by atoms with E-state index in [1.54, 1.807) is 32.2 Å². The van der Waals surface area contributed by atoms with Crippen LogP contribution in [-0.2, 0) is 9.53 Å². The quantitative estimate of drug-likeness (QED) is 0.240. The number of esters is 1. The molecule has 2 aliphatic heterocycles. The number of nitrogens with two attached hydrogens (primary N) is 1. The van der Waals surface area contributed by atoms with Gasteiger partial charge in [0, 0.05) is 42.7 Å². The van der Waals surface area contributed by atoms with Crippen LogP contribution in [0.3, 0.4) is 0 Å². The van der Waals surface area contributed by atoms with E-state index in [1.165, 1.54) is 18.2 Å². The van der Waals surface area contributed by atoms with Crippen LogP contribution in [0, 0.1) is 5.41 Å². The predicted molar refractivity (Wildman–Crippen MR) is 167 cm³/mol. The smallest absolute Gasteiger partial charge is 0.429 e. The Hall–Kier alpha value is -4.65. The summed E-state index contributed by atoms with van der Waals surface area (Å²) in [6.45, 7) is 4.00. The van der Waals surface area contributed by atoms with Crippen molar-refractivity contribution in [3.05, 3.63) is 66.2 Å². The van der Waals surface area contributed by atoms with Gasteiger partial charge < -0.3 is 30.2 Å². The number of hydrogen-bond acceptors (Lipinski definition) is 10. The highest BCUT2D eigenvalue weighted by molar-refractivity contribution is 5.85. The van der Waals surface area contributed by atoms with Crippen LogP contribution in [0.5, 0.6) is 11.8 Å². The van der Waals surface area contributed by atoms with Crippen LogP contribution in [0.1, 0.15) is 37.9 Å². The number of alkyl halides is 3. The fourth-order valence-corrected chi connectivity index (χ4v) is 6.27. The lowest BCUT2D eigenvalue weighted by Gasteiger charge is -2.39. The van der Waals surface area contributed by atoms with Crippen molar-refractivity contribution in [1.29, 1.82) is 0 Å². The maximum absolute atomic E-state index is 14.3. The zero-order valence-electron chi connectivity index (χ0n) is 25.5. The lowest BCUT2D eigenvalue weighted by atomic mass is 9.76. The van der Waals surface area contributed by atoms with Crippen LogP contribution in [-0.4, -0.2) is 66.5 Å². The Bertz CT molecular complexity index is 1710.